The first kappa shape index (κ1) is 55.1. The number of aliphatic hydroxyl groups is 20. The summed E-state index contributed by atoms with van der Waals surface area (Å²) in [6, 6.07) is 0. The van der Waals surface area contributed by atoms with E-state index in [1.54, 1.807) is 0 Å². The van der Waals surface area contributed by atoms with Gasteiger partial charge in [-0.05, 0) is 0 Å². The summed E-state index contributed by atoms with van der Waals surface area (Å²) >= 11 is 0. The van der Waals surface area contributed by atoms with Gasteiger partial charge >= 0.3 is 0 Å². The molecule has 6 aliphatic rings. The summed E-state index contributed by atoms with van der Waals surface area (Å²) in [6.45, 7) is -5.98. The first-order chi connectivity index (χ1) is 31.7. The topological polar surface area (TPSA) is 506 Å². The normalized spacial score (nSPS) is 53.4. The van der Waals surface area contributed by atoms with Crippen LogP contribution in [0.5, 0.6) is 0 Å². The van der Waals surface area contributed by atoms with E-state index in [0.717, 1.165) is 0 Å². The molecule has 0 bridgehead atoms. The van der Waals surface area contributed by atoms with Crippen molar-refractivity contribution in [1.82, 2.24) is 0 Å². The molecule has 20 N–H and O–H groups in total. The summed E-state index contributed by atoms with van der Waals surface area (Å²) in [6.07, 6.45) is -61.2. The highest BCUT2D eigenvalue weighted by atomic mass is 16.8. The van der Waals surface area contributed by atoms with Gasteiger partial charge in [-0.2, -0.15) is 0 Å². The molecule has 67 heavy (non-hydrogen) atoms. The summed E-state index contributed by atoms with van der Waals surface area (Å²) in [4.78, 5) is 0. The molecule has 6 fully saturated rings. The second-order valence-corrected chi connectivity index (χ2v) is 16.8. The molecule has 0 aliphatic carbocycles. The van der Waals surface area contributed by atoms with Crippen LogP contribution < -0.4 is 0 Å². The largest absolute Gasteiger partial charge is 0.394 e. The highest BCUT2D eigenvalue weighted by Gasteiger charge is 2.59. The lowest BCUT2D eigenvalue weighted by atomic mass is 9.94. The van der Waals surface area contributed by atoms with Crippen molar-refractivity contribution in [2.45, 2.75) is 184 Å². The van der Waals surface area contributed by atoms with Gasteiger partial charge in [0.1, 0.15) is 146 Å². The number of hydrogen-bond acceptors (Lipinski definition) is 31. The monoisotopic (exact) mass is 990 g/mol. The third-order valence-electron chi connectivity index (χ3n) is 12.4. The van der Waals surface area contributed by atoms with Crippen molar-refractivity contribution in [2.75, 3.05) is 39.6 Å². The SMILES string of the molecule is OC[C@H]1O[C@@H](OC[C@H]2O[C@@H](O[C@@H]3O[C@H](CO)[C@H](O)[C@H](O)[C@H]3O)[C@H](O[C@@H]3O[C@H](CO)[C@H](O)[C@H](O)[C@H]3O)[C@@H](O[C@@H]3O[C@H](CO)[C@H](O)[C@H](O)[C@H]3O)[C@@H]2O[C@@H]2O[C@H](CO)[C@H](O)[C@H](O)[C@H]2O)[C@H](O)[C@@H](O)[C@H]1O. The Morgan fingerprint density at radius 1 is 0.239 bits per heavy atom. The van der Waals surface area contributed by atoms with E-state index in [-0.39, 0.29) is 0 Å². The van der Waals surface area contributed by atoms with Gasteiger partial charge in [-0.25, -0.2) is 0 Å². The lowest BCUT2D eigenvalue weighted by molar-refractivity contribution is -0.429. The Labute approximate surface area is 378 Å². The van der Waals surface area contributed by atoms with E-state index in [4.69, 9.17) is 52.1 Å². The highest BCUT2D eigenvalue weighted by molar-refractivity contribution is 5.00. The van der Waals surface area contributed by atoms with E-state index in [9.17, 15) is 102 Å². The van der Waals surface area contributed by atoms with Gasteiger partial charge in [0.15, 0.2) is 37.7 Å². The quantitative estimate of drug-likeness (QED) is 0.0683. The minimum atomic E-state index is -2.30. The molecule has 30 atom stereocenters. The van der Waals surface area contributed by atoms with Crippen LogP contribution in [0.1, 0.15) is 0 Å². The molecular weight excluding hydrogens is 928 g/mol. The second-order valence-electron chi connectivity index (χ2n) is 16.8. The van der Waals surface area contributed by atoms with Crippen molar-refractivity contribution in [3.05, 3.63) is 0 Å². The zero-order valence-electron chi connectivity index (χ0n) is 35.0. The van der Waals surface area contributed by atoms with Crippen LogP contribution in [0.3, 0.4) is 0 Å². The van der Waals surface area contributed by atoms with Crippen LogP contribution in [0, 0.1) is 0 Å². The van der Waals surface area contributed by atoms with E-state index in [1.165, 1.54) is 0 Å². The molecule has 0 spiro atoms. The van der Waals surface area contributed by atoms with Crippen molar-refractivity contribution < 1.29 is 154 Å². The average Bonchev–Trinajstić information content (AvgIpc) is 3.32. The van der Waals surface area contributed by atoms with Crippen LogP contribution >= 0.6 is 0 Å². The number of ether oxygens (including phenoxy) is 11. The van der Waals surface area contributed by atoms with Crippen LogP contribution in [0.25, 0.3) is 0 Å². The Balaban J connectivity index is 1.48. The molecule has 0 aromatic carbocycles. The van der Waals surface area contributed by atoms with Gasteiger partial charge in [0.25, 0.3) is 0 Å². The van der Waals surface area contributed by atoms with Gasteiger partial charge in [-0.3, -0.25) is 0 Å². The fourth-order valence-electron chi connectivity index (χ4n) is 8.30. The Hall–Kier alpha value is -1.24. The number of hydrogen-bond donors (Lipinski definition) is 20. The van der Waals surface area contributed by atoms with Crippen molar-refractivity contribution in [3.8, 4) is 0 Å². The molecule has 6 aliphatic heterocycles. The van der Waals surface area contributed by atoms with E-state index in [2.05, 4.69) is 0 Å². The summed E-state index contributed by atoms with van der Waals surface area (Å²) in [5, 5.41) is 211. The Kier molecular flexibility index (Phi) is 19.4. The van der Waals surface area contributed by atoms with Crippen LogP contribution in [-0.2, 0) is 52.1 Å². The zero-order chi connectivity index (χ0) is 49.3. The fourth-order valence-corrected chi connectivity index (χ4v) is 8.30. The van der Waals surface area contributed by atoms with Crippen molar-refractivity contribution in [2.24, 2.45) is 0 Å². The molecule has 0 aromatic rings. The molecule has 0 radical (unpaired) electrons. The molecule has 6 rings (SSSR count). The number of rotatable bonds is 16. The summed E-state index contributed by atoms with van der Waals surface area (Å²) in [7, 11) is 0. The lowest BCUT2D eigenvalue weighted by Gasteiger charge is -2.52. The van der Waals surface area contributed by atoms with Gasteiger partial charge < -0.3 is 154 Å². The van der Waals surface area contributed by atoms with Gasteiger partial charge in [0, 0.05) is 0 Å². The molecule has 0 unspecified atom stereocenters. The van der Waals surface area contributed by atoms with Gasteiger partial charge in [0.2, 0.25) is 0 Å². The first-order valence-corrected chi connectivity index (χ1v) is 21.1. The predicted octanol–water partition coefficient (Wildman–Crippen LogP) is -14.1. The average molecular weight is 991 g/mol. The third kappa shape index (κ3) is 11.4. The first-order valence-electron chi connectivity index (χ1n) is 21.1. The third-order valence-corrected chi connectivity index (χ3v) is 12.4. The Bertz CT molecular complexity index is 1500. The maximum Gasteiger partial charge on any atom is 0.190 e. The molecule has 31 nitrogen and oxygen atoms in total. The summed E-state index contributed by atoms with van der Waals surface area (Å²) in [5.74, 6) is 0. The van der Waals surface area contributed by atoms with Crippen LogP contribution in [0.2, 0.25) is 0 Å². The zero-order valence-corrected chi connectivity index (χ0v) is 35.0. The lowest BCUT2D eigenvalue weighted by Crippen LogP contribution is -2.70. The van der Waals surface area contributed by atoms with Gasteiger partial charge in [-0.1, -0.05) is 0 Å². The number of aliphatic hydroxyl groups excluding tert-OH is 20. The van der Waals surface area contributed by atoms with Crippen molar-refractivity contribution in [3.63, 3.8) is 0 Å². The van der Waals surface area contributed by atoms with Crippen molar-refractivity contribution in [1.29, 1.82) is 0 Å². The van der Waals surface area contributed by atoms with E-state index in [0.29, 0.717) is 0 Å². The molecule has 6 saturated heterocycles. The van der Waals surface area contributed by atoms with E-state index < -0.39 is 224 Å². The van der Waals surface area contributed by atoms with Crippen LogP contribution in [0.15, 0.2) is 0 Å². The molecular formula is C36H62O31. The van der Waals surface area contributed by atoms with Gasteiger partial charge in [0.05, 0.1) is 39.6 Å². The molecule has 31 heteroatoms. The van der Waals surface area contributed by atoms with Crippen molar-refractivity contribution >= 4 is 0 Å². The van der Waals surface area contributed by atoms with E-state index >= 15 is 0 Å². The fraction of sp³-hybridized carbons (Fsp3) is 1.00. The predicted molar refractivity (Wildman–Crippen MR) is 199 cm³/mol. The highest BCUT2D eigenvalue weighted by Crippen LogP contribution is 2.39. The second kappa shape index (κ2) is 23.5. The Morgan fingerprint density at radius 3 is 0.821 bits per heavy atom. The summed E-state index contributed by atoms with van der Waals surface area (Å²) < 4.78 is 63.9. The smallest absolute Gasteiger partial charge is 0.190 e. The van der Waals surface area contributed by atoms with Crippen LogP contribution in [-0.4, -0.2) is 326 Å². The maximum atomic E-state index is 11.2. The molecule has 6 heterocycles. The van der Waals surface area contributed by atoms with Gasteiger partial charge in [-0.15, -0.1) is 0 Å². The molecule has 392 valence electrons. The Morgan fingerprint density at radius 2 is 0.493 bits per heavy atom. The van der Waals surface area contributed by atoms with Crippen LogP contribution in [0.4, 0.5) is 0 Å². The molecule has 0 saturated carbocycles. The maximum absolute atomic E-state index is 11.2. The van der Waals surface area contributed by atoms with E-state index in [1.807, 2.05) is 0 Å². The minimum absolute atomic E-state index is 0.922. The standard InChI is InChI=1S/C36H62O31/c37-1-7-13(42)18(47)23(52)31(58-7)57-6-12-28(64-32-24(53)19(48)14(43)8(2-38)59-32)29(65-33-25(54)20(49)15(44)9(3-39)60-33)30(66-34-26(55)21(50)16(45)10(4-40)61-34)36(63-12)67-35-27(56)22(51)17(46)11(5-41)62-35/h7-56H,1-6H2/t7-,8-,9-,10-,11-,12-,13+,14+,15+,16+,17+,18+,19+,20+,21+,22+,23-,24-,25-,26-,27-,28-,29+,30-,31-,32+,33+,34+,35+,36+/m1/s1. The molecule has 0 amide bonds. The minimum Gasteiger partial charge on any atom is -0.394 e. The molecule has 0 aromatic heterocycles. The summed E-state index contributed by atoms with van der Waals surface area (Å²) in [5.41, 5.74) is 0.